The number of thiophene rings is 1. The highest BCUT2D eigenvalue weighted by Crippen LogP contribution is 2.35. The average molecular weight is 327 g/mol. The molecule has 1 aromatic heterocycles. The van der Waals surface area contributed by atoms with E-state index in [0.717, 1.165) is 24.9 Å². The van der Waals surface area contributed by atoms with E-state index in [-0.39, 0.29) is 11.9 Å². The van der Waals surface area contributed by atoms with Gasteiger partial charge in [-0.05, 0) is 35.9 Å². The standard InChI is InChI=1S/C18H17NO3S/c20-17(19-9-3-7-14(19)16-8-4-10-23-16)15-11-12-5-1-2-6-13(12)18(21)22-15/h1-2,4-6,8,10,14-15H,3,7,9,11H2. The smallest absolute Gasteiger partial charge is 0.339 e. The number of carbonyl (C=O) groups excluding carboxylic acids is 2. The zero-order valence-corrected chi connectivity index (χ0v) is 13.4. The van der Waals surface area contributed by atoms with Crippen molar-refractivity contribution in [3.63, 3.8) is 0 Å². The minimum atomic E-state index is -0.696. The molecule has 0 radical (unpaired) electrons. The summed E-state index contributed by atoms with van der Waals surface area (Å²) in [6, 6.07) is 11.6. The van der Waals surface area contributed by atoms with Crippen LogP contribution in [0.3, 0.4) is 0 Å². The maximum Gasteiger partial charge on any atom is 0.339 e. The van der Waals surface area contributed by atoms with Gasteiger partial charge in [0.1, 0.15) is 0 Å². The maximum absolute atomic E-state index is 12.9. The van der Waals surface area contributed by atoms with Crippen molar-refractivity contribution in [3.8, 4) is 0 Å². The first-order valence-electron chi connectivity index (χ1n) is 7.87. The Kier molecular flexibility index (Phi) is 3.65. The molecule has 2 atom stereocenters. The normalized spacial score (nSPS) is 23.5. The first-order valence-corrected chi connectivity index (χ1v) is 8.75. The second-order valence-corrected chi connectivity index (χ2v) is 6.94. The largest absolute Gasteiger partial charge is 0.448 e. The third-order valence-electron chi connectivity index (χ3n) is 4.57. The van der Waals surface area contributed by atoms with Crippen LogP contribution in [0.4, 0.5) is 0 Å². The minimum absolute atomic E-state index is 0.0660. The van der Waals surface area contributed by atoms with Gasteiger partial charge in [0.2, 0.25) is 0 Å². The Labute approximate surface area is 138 Å². The van der Waals surface area contributed by atoms with Gasteiger partial charge in [-0.1, -0.05) is 24.3 Å². The number of hydrogen-bond acceptors (Lipinski definition) is 4. The van der Waals surface area contributed by atoms with Gasteiger partial charge in [-0.3, -0.25) is 4.79 Å². The van der Waals surface area contributed by atoms with E-state index in [1.807, 2.05) is 34.5 Å². The molecule has 0 N–H and O–H groups in total. The van der Waals surface area contributed by atoms with Crippen LogP contribution in [-0.2, 0) is 16.0 Å². The Hall–Kier alpha value is -2.14. The van der Waals surface area contributed by atoms with Gasteiger partial charge in [-0.15, -0.1) is 11.3 Å². The second-order valence-electron chi connectivity index (χ2n) is 5.96. The van der Waals surface area contributed by atoms with Gasteiger partial charge >= 0.3 is 5.97 Å². The van der Waals surface area contributed by atoms with Crippen molar-refractivity contribution in [1.82, 2.24) is 4.90 Å². The van der Waals surface area contributed by atoms with Crippen LogP contribution in [0, 0.1) is 0 Å². The van der Waals surface area contributed by atoms with Crippen molar-refractivity contribution in [2.45, 2.75) is 31.4 Å². The predicted molar refractivity (Wildman–Crippen MR) is 87.4 cm³/mol. The monoisotopic (exact) mass is 327 g/mol. The number of hydrogen-bond donors (Lipinski definition) is 0. The van der Waals surface area contributed by atoms with E-state index in [1.165, 1.54) is 4.88 Å². The van der Waals surface area contributed by atoms with Gasteiger partial charge in [-0.25, -0.2) is 4.79 Å². The SMILES string of the molecule is O=C1OC(C(=O)N2CCCC2c2cccs2)Cc2ccccc21. The van der Waals surface area contributed by atoms with Crippen LogP contribution in [-0.4, -0.2) is 29.4 Å². The molecule has 1 amide bonds. The molecular formula is C18H17NO3S. The lowest BCUT2D eigenvalue weighted by atomic mass is 9.98. The van der Waals surface area contributed by atoms with Crippen molar-refractivity contribution in [3.05, 3.63) is 57.8 Å². The number of ether oxygens (including phenoxy) is 1. The van der Waals surface area contributed by atoms with Crippen molar-refractivity contribution < 1.29 is 14.3 Å². The predicted octanol–water partition coefficient (Wildman–Crippen LogP) is 3.19. The summed E-state index contributed by atoms with van der Waals surface area (Å²) in [5.41, 5.74) is 1.47. The highest BCUT2D eigenvalue weighted by Gasteiger charge is 2.38. The van der Waals surface area contributed by atoms with Gasteiger partial charge in [0, 0.05) is 17.8 Å². The van der Waals surface area contributed by atoms with Crippen LogP contribution < -0.4 is 0 Å². The summed E-state index contributed by atoms with van der Waals surface area (Å²) in [4.78, 5) is 28.1. The number of carbonyl (C=O) groups is 2. The number of likely N-dealkylation sites (tertiary alicyclic amines) is 1. The zero-order chi connectivity index (χ0) is 15.8. The summed E-state index contributed by atoms with van der Waals surface area (Å²) in [7, 11) is 0. The van der Waals surface area contributed by atoms with Gasteiger partial charge in [0.25, 0.3) is 5.91 Å². The van der Waals surface area contributed by atoms with Gasteiger partial charge in [0.15, 0.2) is 6.10 Å². The molecule has 2 aromatic rings. The van der Waals surface area contributed by atoms with E-state index in [2.05, 4.69) is 6.07 Å². The molecule has 23 heavy (non-hydrogen) atoms. The Balaban J connectivity index is 1.57. The number of fused-ring (bicyclic) bond motifs is 1. The number of amides is 1. The van der Waals surface area contributed by atoms with E-state index >= 15 is 0 Å². The topological polar surface area (TPSA) is 46.6 Å². The molecule has 0 saturated carbocycles. The Morgan fingerprint density at radius 1 is 1.22 bits per heavy atom. The molecule has 2 aliphatic rings. The van der Waals surface area contributed by atoms with Gasteiger partial charge in [0.05, 0.1) is 11.6 Å². The molecule has 4 nitrogen and oxygen atoms in total. The number of rotatable bonds is 2. The highest BCUT2D eigenvalue weighted by molar-refractivity contribution is 7.10. The number of cyclic esters (lactones) is 1. The van der Waals surface area contributed by atoms with E-state index < -0.39 is 12.1 Å². The van der Waals surface area contributed by atoms with Crippen molar-refractivity contribution >= 4 is 23.2 Å². The summed E-state index contributed by atoms with van der Waals surface area (Å²) in [6.07, 6.45) is 1.74. The van der Waals surface area contributed by atoms with E-state index in [1.54, 1.807) is 17.4 Å². The molecule has 118 valence electrons. The first kappa shape index (κ1) is 14.5. The Morgan fingerprint density at radius 3 is 2.91 bits per heavy atom. The Morgan fingerprint density at radius 2 is 2.09 bits per heavy atom. The Bertz CT molecular complexity index is 740. The maximum atomic E-state index is 12.9. The molecule has 1 fully saturated rings. The fraction of sp³-hybridized carbons (Fsp3) is 0.333. The van der Waals surface area contributed by atoms with Crippen LogP contribution in [0.15, 0.2) is 41.8 Å². The summed E-state index contributed by atoms with van der Waals surface area (Å²) >= 11 is 1.68. The number of nitrogens with zero attached hydrogens (tertiary/aromatic N) is 1. The lowest BCUT2D eigenvalue weighted by Crippen LogP contribution is -2.44. The molecule has 1 aromatic carbocycles. The lowest BCUT2D eigenvalue weighted by molar-refractivity contribution is -0.142. The second kappa shape index (κ2) is 5.81. The third-order valence-corrected chi connectivity index (χ3v) is 5.55. The minimum Gasteiger partial charge on any atom is -0.448 e. The fourth-order valence-corrected chi connectivity index (χ4v) is 4.33. The number of esters is 1. The molecule has 1 saturated heterocycles. The van der Waals surface area contributed by atoms with Crippen molar-refractivity contribution in [2.75, 3.05) is 6.54 Å². The van der Waals surface area contributed by atoms with E-state index in [9.17, 15) is 9.59 Å². The molecule has 0 aliphatic carbocycles. The lowest BCUT2D eigenvalue weighted by Gasteiger charge is -2.30. The average Bonchev–Trinajstić information content (AvgIpc) is 3.25. The molecule has 2 aliphatic heterocycles. The van der Waals surface area contributed by atoms with Gasteiger partial charge in [-0.2, -0.15) is 0 Å². The quantitative estimate of drug-likeness (QED) is 0.796. The first-order chi connectivity index (χ1) is 11.2. The molecule has 2 unspecified atom stereocenters. The summed E-state index contributed by atoms with van der Waals surface area (Å²) < 4.78 is 5.43. The van der Waals surface area contributed by atoms with Crippen molar-refractivity contribution in [1.29, 1.82) is 0 Å². The number of benzene rings is 1. The van der Waals surface area contributed by atoms with E-state index in [0.29, 0.717) is 12.0 Å². The summed E-state index contributed by atoms with van der Waals surface area (Å²) in [6.45, 7) is 0.733. The summed E-state index contributed by atoms with van der Waals surface area (Å²) in [5.74, 6) is -0.458. The zero-order valence-electron chi connectivity index (χ0n) is 12.6. The van der Waals surface area contributed by atoms with Crippen LogP contribution in [0.1, 0.15) is 39.7 Å². The molecule has 5 heteroatoms. The molecule has 3 heterocycles. The van der Waals surface area contributed by atoms with Crippen LogP contribution in [0.25, 0.3) is 0 Å². The van der Waals surface area contributed by atoms with Crippen LogP contribution in [0.5, 0.6) is 0 Å². The van der Waals surface area contributed by atoms with Crippen LogP contribution in [0.2, 0.25) is 0 Å². The van der Waals surface area contributed by atoms with E-state index in [4.69, 9.17) is 4.74 Å². The fourth-order valence-electron chi connectivity index (χ4n) is 3.46. The van der Waals surface area contributed by atoms with Gasteiger partial charge < -0.3 is 9.64 Å². The third kappa shape index (κ3) is 2.55. The molecular weight excluding hydrogens is 310 g/mol. The molecule has 4 rings (SSSR count). The molecule has 0 bridgehead atoms. The highest BCUT2D eigenvalue weighted by atomic mass is 32.1. The van der Waals surface area contributed by atoms with Crippen molar-refractivity contribution in [2.24, 2.45) is 0 Å². The molecule has 0 spiro atoms. The van der Waals surface area contributed by atoms with Crippen LogP contribution >= 0.6 is 11.3 Å². The summed E-state index contributed by atoms with van der Waals surface area (Å²) in [5, 5.41) is 2.03.